The molecule has 1 aliphatic carbocycles. The van der Waals surface area contributed by atoms with E-state index >= 15 is 0 Å². The Balaban J connectivity index is 1.54. The monoisotopic (exact) mass is 1240 g/mol. The number of carbonyl (C=O) groups is 11. The highest BCUT2D eigenvalue weighted by Crippen LogP contribution is 2.60. The van der Waals surface area contributed by atoms with Crippen LogP contribution in [0.5, 0.6) is 23.0 Å². The van der Waals surface area contributed by atoms with Gasteiger partial charge in [-0.3, -0.25) is 58.1 Å². The van der Waals surface area contributed by atoms with Crippen LogP contribution in [0.25, 0.3) is 0 Å². The van der Waals surface area contributed by atoms with Gasteiger partial charge in [-0.15, -0.1) is 0 Å². The average Bonchev–Trinajstić information content (AvgIpc) is 1.32. The Bertz CT molecular complexity index is 3270. The zero-order valence-electron chi connectivity index (χ0n) is 47.0. The number of nitro groups is 1. The number of esters is 11. The standard InChI is InChI=1S/C55H53Cl2N3O26/c1-28(61)76-24-80-49(67)20-58(21-50(68)81-25-77-29(2)62)43-10-9-34(60(72)73)13-47(43)74-11-12-75-48-17-36-35(14-44(48)59(22-51(69)82-26-78-30(3)63)23-52(70)83-27-79-31(4)64)53(71)86-55(36)39-15-41(56)45(84-32(5)65)18-37(39)54(7,8)38-19-46(85-33(6)66)42(57)16-40(38)55/h9-10,13-19H,11-12,20-27H2,1-8H3. The minimum atomic E-state index is -2.09. The van der Waals surface area contributed by atoms with Gasteiger partial charge in [0.2, 0.25) is 27.2 Å². The lowest BCUT2D eigenvalue weighted by Crippen LogP contribution is -2.41. The molecule has 0 saturated heterocycles. The van der Waals surface area contributed by atoms with E-state index in [1.54, 1.807) is 13.8 Å². The summed E-state index contributed by atoms with van der Waals surface area (Å²) in [5, 5.41) is 11.9. The van der Waals surface area contributed by atoms with Gasteiger partial charge >= 0.3 is 65.7 Å². The second-order valence-corrected chi connectivity index (χ2v) is 19.6. The number of non-ortho nitro benzene ring substituents is 1. The second kappa shape index (κ2) is 28.2. The van der Waals surface area contributed by atoms with Crippen LogP contribution in [0.15, 0.2) is 54.6 Å². The maximum atomic E-state index is 14.8. The van der Waals surface area contributed by atoms with Gasteiger partial charge in [0.15, 0.2) is 5.60 Å². The molecule has 0 unspecified atom stereocenters. The summed E-state index contributed by atoms with van der Waals surface area (Å²) in [6, 6.07) is 11.3. The fourth-order valence-corrected chi connectivity index (χ4v) is 9.19. The molecule has 86 heavy (non-hydrogen) atoms. The van der Waals surface area contributed by atoms with Crippen LogP contribution in [-0.2, 0) is 102 Å². The summed E-state index contributed by atoms with van der Waals surface area (Å²) in [6.45, 7) is 2.00. The first kappa shape index (κ1) is 65.4. The van der Waals surface area contributed by atoms with Crippen LogP contribution in [0.4, 0.5) is 17.1 Å². The minimum Gasteiger partial charge on any atom is -0.488 e. The maximum Gasteiger partial charge on any atom is 0.340 e. The Morgan fingerprint density at radius 3 is 1.23 bits per heavy atom. The summed E-state index contributed by atoms with van der Waals surface area (Å²) in [5.74, 6) is -11.0. The van der Waals surface area contributed by atoms with Gasteiger partial charge in [-0.2, -0.15) is 0 Å². The number of nitrogens with zero attached hydrogens (tertiary/aromatic N) is 3. The Hall–Kier alpha value is -9.77. The molecule has 0 N–H and O–H groups in total. The molecule has 1 aliphatic heterocycles. The summed E-state index contributed by atoms with van der Waals surface area (Å²) in [7, 11) is 0. The molecule has 29 nitrogen and oxygen atoms in total. The topological polar surface area (TPSA) is 357 Å². The molecule has 458 valence electrons. The third-order valence-electron chi connectivity index (χ3n) is 12.3. The Morgan fingerprint density at radius 1 is 0.488 bits per heavy atom. The van der Waals surface area contributed by atoms with Crippen molar-refractivity contribution in [3.63, 3.8) is 0 Å². The predicted octanol–water partition coefficient (Wildman–Crippen LogP) is 5.18. The van der Waals surface area contributed by atoms with Crippen molar-refractivity contribution >= 4 is 106 Å². The van der Waals surface area contributed by atoms with Crippen molar-refractivity contribution in [2.75, 3.05) is 76.4 Å². The van der Waals surface area contributed by atoms with Crippen LogP contribution in [0.3, 0.4) is 0 Å². The highest BCUT2D eigenvalue weighted by molar-refractivity contribution is 6.33. The van der Waals surface area contributed by atoms with E-state index in [0.29, 0.717) is 11.1 Å². The first-order valence-electron chi connectivity index (χ1n) is 25.2. The fraction of sp³-hybridized carbons (Fsp3) is 0.364. The van der Waals surface area contributed by atoms with Crippen LogP contribution in [0.1, 0.15) is 93.6 Å². The van der Waals surface area contributed by atoms with Gasteiger partial charge in [0.1, 0.15) is 62.4 Å². The minimum absolute atomic E-state index is 0.0135. The van der Waals surface area contributed by atoms with E-state index in [2.05, 4.69) is 9.47 Å². The molecule has 4 aromatic carbocycles. The molecule has 1 heterocycles. The first-order chi connectivity index (χ1) is 40.5. The molecule has 4 aromatic rings. The van der Waals surface area contributed by atoms with E-state index < -0.39 is 154 Å². The van der Waals surface area contributed by atoms with Crippen LogP contribution in [0.2, 0.25) is 10.0 Å². The number of benzene rings is 4. The Labute approximate surface area is 497 Å². The number of anilines is 2. The zero-order valence-corrected chi connectivity index (χ0v) is 48.5. The number of hydrogen-bond donors (Lipinski definition) is 0. The van der Waals surface area contributed by atoms with Gasteiger partial charge in [-0.05, 0) is 53.6 Å². The van der Waals surface area contributed by atoms with Gasteiger partial charge in [-0.1, -0.05) is 37.0 Å². The third kappa shape index (κ3) is 16.1. The number of ether oxygens (including phenoxy) is 13. The SMILES string of the molecule is CC(=O)OCOC(=O)CN(CC(=O)OCOC(C)=O)c1ccc([N+](=O)[O-])cc1OCCOc1cc2c(cc1N(CC(=O)OCOC(C)=O)CC(=O)OCOC(C)=O)C(=O)OC21c2cc(Cl)c(OC(C)=O)cc2C(C)(C)c2cc(OC(C)=O)c(Cl)cc21. The number of nitro benzene ring substituents is 1. The zero-order chi connectivity index (χ0) is 63.4. The predicted molar refractivity (Wildman–Crippen MR) is 289 cm³/mol. The number of hydrogen-bond acceptors (Lipinski definition) is 28. The van der Waals surface area contributed by atoms with Crippen molar-refractivity contribution < 1.29 is 119 Å². The number of carbonyl (C=O) groups excluding carboxylic acids is 11. The number of halogens is 2. The maximum absolute atomic E-state index is 14.8. The summed E-state index contributed by atoms with van der Waals surface area (Å²) in [5.41, 5.74) is -3.39. The third-order valence-corrected chi connectivity index (χ3v) is 12.9. The van der Waals surface area contributed by atoms with Gasteiger partial charge in [0.05, 0.1) is 38.0 Å². The molecule has 31 heteroatoms. The molecule has 0 aromatic heterocycles. The van der Waals surface area contributed by atoms with E-state index in [1.807, 2.05) is 0 Å². The molecule has 0 amide bonds. The lowest BCUT2D eigenvalue weighted by Gasteiger charge is -2.45. The highest BCUT2D eigenvalue weighted by atomic mass is 35.5. The molecule has 0 fully saturated rings. The molecule has 0 saturated carbocycles. The molecule has 2 aliphatic rings. The number of fused-ring (bicyclic) bond motifs is 6. The summed E-state index contributed by atoms with van der Waals surface area (Å²) in [4.78, 5) is 152. The van der Waals surface area contributed by atoms with Gasteiger partial charge < -0.3 is 71.4 Å². The van der Waals surface area contributed by atoms with Crippen molar-refractivity contribution in [2.24, 2.45) is 0 Å². The van der Waals surface area contributed by atoms with E-state index in [-0.39, 0.29) is 66.7 Å². The lowest BCUT2D eigenvalue weighted by molar-refractivity contribution is -0.384. The normalized spacial score (nSPS) is 12.7. The van der Waals surface area contributed by atoms with E-state index in [0.717, 1.165) is 69.5 Å². The van der Waals surface area contributed by atoms with E-state index in [1.165, 1.54) is 36.4 Å². The van der Waals surface area contributed by atoms with Gasteiger partial charge in [-0.25, -0.2) is 4.79 Å². The largest absolute Gasteiger partial charge is 0.488 e. The average molecular weight is 1240 g/mol. The molecular formula is C55H53Cl2N3O26. The van der Waals surface area contributed by atoms with Crippen molar-refractivity contribution in [2.45, 2.75) is 66.4 Å². The smallest absolute Gasteiger partial charge is 0.340 e. The van der Waals surface area contributed by atoms with E-state index in [9.17, 15) is 62.9 Å². The molecule has 6 rings (SSSR count). The van der Waals surface area contributed by atoms with Gasteiger partial charge in [0.25, 0.3) is 5.69 Å². The second-order valence-electron chi connectivity index (χ2n) is 18.8. The highest BCUT2D eigenvalue weighted by Gasteiger charge is 2.57. The Morgan fingerprint density at radius 2 is 0.860 bits per heavy atom. The first-order valence-corrected chi connectivity index (χ1v) is 25.9. The van der Waals surface area contributed by atoms with Crippen LogP contribution >= 0.6 is 23.2 Å². The fourth-order valence-electron chi connectivity index (χ4n) is 8.79. The molecule has 0 atom stereocenters. The van der Waals surface area contributed by atoms with Crippen LogP contribution in [-0.4, -0.2) is 137 Å². The summed E-state index contributed by atoms with van der Waals surface area (Å²) in [6.07, 6.45) is 0. The van der Waals surface area contributed by atoms with Gasteiger partial charge in [0, 0.05) is 69.7 Å². The van der Waals surface area contributed by atoms with Crippen molar-refractivity contribution in [3.05, 3.63) is 108 Å². The summed E-state index contributed by atoms with van der Waals surface area (Å²) < 4.78 is 69.0. The van der Waals surface area contributed by atoms with E-state index in [4.69, 9.17) is 75.3 Å². The summed E-state index contributed by atoms with van der Waals surface area (Å²) >= 11 is 13.7. The van der Waals surface area contributed by atoms with Crippen molar-refractivity contribution in [1.29, 1.82) is 0 Å². The molecule has 0 bridgehead atoms. The molecular weight excluding hydrogens is 1190 g/mol. The van der Waals surface area contributed by atoms with Crippen molar-refractivity contribution in [3.8, 4) is 23.0 Å². The molecule has 1 spiro atoms. The molecule has 0 radical (unpaired) electrons. The lowest BCUT2D eigenvalue weighted by atomic mass is 9.61. The Kier molecular flexibility index (Phi) is 21.4. The quantitative estimate of drug-likeness (QED) is 0.0149. The van der Waals surface area contributed by atoms with Crippen LogP contribution in [0, 0.1) is 10.1 Å². The van der Waals surface area contributed by atoms with Crippen LogP contribution < -0.4 is 28.7 Å². The van der Waals surface area contributed by atoms with Crippen molar-refractivity contribution in [1.82, 2.24) is 0 Å². The number of rotatable bonds is 26.